The van der Waals surface area contributed by atoms with Crippen molar-refractivity contribution in [2.24, 2.45) is 13.0 Å². The van der Waals surface area contributed by atoms with Gasteiger partial charge < -0.3 is 14.5 Å². The second kappa shape index (κ2) is 5.87. The van der Waals surface area contributed by atoms with Gasteiger partial charge in [-0.15, -0.1) is 0 Å². The maximum absolute atomic E-state index is 12.7. The van der Waals surface area contributed by atoms with Crippen LogP contribution in [0.3, 0.4) is 0 Å². The lowest BCUT2D eigenvalue weighted by atomic mass is 10.1. The van der Waals surface area contributed by atoms with Gasteiger partial charge in [-0.3, -0.25) is 9.48 Å². The minimum absolute atomic E-state index is 0.00221. The number of ether oxygens (including phenoxy) is 1. The van der Waals surface area contributed by atoms with E-state index >= 15 is 0 Å². The number of furan rings is 1. The minimum Gasteiger partial charge on any atom is -0.495 e. The third kappa shape index (κ3) is 2.65. The summed E-state index contributed by atoms with van der Waals surface area (Å²) < 4.78 is 13.2. The summed E-state index contributed by atoms with van der Waals surface area (Å²) in [5.74, 6) is 0.823. The SMILES string of the molecule is COc1cc2c(cc1NC(=O)C1CC1c1cnn(C)c1)oc1ccccc12. The fraction of sp³-hybridized carbons (Fsp3) is 0.238. The number of amides is 1. The minimum atomic E-state index is -0.0368. The molecule has 2 atom stereocenters. The van der Waals surface area contributed by atoms with Gasteiger partial charge in [0.15, 0.2) is 0 Å². The van der Waals surface area contributed by atoms with Gasteiger partial charge in [0.2, 0.25) is 5.91 Å². The Morgan fingerprint density at radius 2 is 2.11 bits per heavy atom. The van der Waals surface area contributed by atoms with Crippen molar-refractivity contribution < 1.29 is 13.9 Å². The highest BCUT2D eigenvalue weighted by Gasteiger charge is 2.44. The molecule has 6 heteroatoms. The van der Waals surface area contributed by atoms with Crippen LogP contribution >= 0.6 is 0 Å². The number of carbonyl (C=O) groups excluding carboxylic acids is 1. The number of carbonyl (C=O) groups is 1. The molecule has 1 fully saturated rings. The van der Waals surface area contributed by atoms with Gasteiger partial charge in [-0.2, -0.15) is 5.10 Å². The molecule has 1 N–H and O–H groups in total. The standard InChI is InChI=1S/C21H19N3O3/c1-24-11-12(10-22-24)14-7-16(14)21(25)23-17-9-19-15(8-20(17)26-2)13-5-3-4-6-18(13)27-19/h3-6,8-11,14,16H,7H2,1-2H3,(H,23,25). The third-order valence-corrected chi connectivity index (χ3v) is 5.24. The van der Waals surface area contributed by atoms with Gasteiger partial charge in [-0.05, 0) is 30.0 Å². The van der Waals surface area contributed by atoms with E-state index in [1.54, 1.807) is 11.8 Å². The molecule has 0 spiro atoms. The van der Waals surface area contributed by atoms with Crippen LogP contribution in [0.2, 0.25) is 0 Å². The maximum Gasteiger partial charge on any atom is 0.228 e. The molecule has 2 heterocycles. The predicted molar refractivity (Wildman–Crippen MR) is 103 cm³/mol. The van der Waals surface area contributed by atoms with Gasteiger partial charge in [0.05, 0.1) is 19.0 Å². The van der Waals surface area contributed by atoms with Gasteiger partial charge in [0.25, 0.3) is 0 Å². The van der Waals surface area contributed by atoms with Crippen LogP contribution in [-0.4, -0.2) is 22.8 Å². The van der Waals surface area contributed by atoms with Crippen molar-refractivity contribution in [3.8, 4) is 5.75 Å². The fourth-order valence-corrected chi connectivity index (χ4v) is 3.73. The average Bonchev–Trinajstić information content (AvgIpc) is 3.23. The van der Waals surface area contributed by atoms with E-state index in [1.165, 1.54) is 0 Å². The van der Waals surface area contributed by atoms with Crippen LogP contribution in [0.15, 0.2) is 53.2 Å². The Hall–Kier alpha value is -3.28. The van der Waals surface area contributed by atoms with Gasteiger partial charge in [0.1, 0.15) is 16.9 Å². The molecular formula is C21H19N3O3. The molecule has 0 bridgehead atoms. The molecule has 136 valence electrons. The summed E-state index contributed by atoms with van der Waals surface area (Å²) in [6, 6.07) is 11.6. The number of benzene rings is 2. The predicted octanol–water partition coefficient (Wildman–Crippen LogP) is 4.07. The van der Waals surface area contributed by atoms with Crippen LogP contribution in [0, 0.1) is 5.92 Å². The van der Waals surface area contributed by atoms with E-state index in [0.717, 1.165) is 33.9 Å². The molecule has 4 aromatic rings. The van der Waals surface area contributed by atoms with Gasteiger partial charge in [-0.25, -0.2) is 0 Å². The van der Waals surface area contributed by atoms with Crippen molar-refractivity contribution in [3.63, 3.8) is 0 Å². The van der Waals surface area contributed by atoms with Crippen molar-refractivity contribution >= 4 is 33.5 Å². The Bertz CT molecular complexity index is 1170. The van der Waals surface area contributed by atoms with Gasteiger partial charge in [-0.1, -0.05) is 18.2 Å². The molecule has 6 nitrogen and oxygen atoms in total. The monoisotopic (exact) mass is 361 g/mol. The molecule has 1 saturated carbocycles. The van der Waals surface area contributed by atoms with Crippen LogP contribution in [0.5, 0.6) is 5.75 Å². The molecule has 2 aromatic carbocycles. The molecule has 0 saturated heterocycles. The van der Waals surface area contributed by atoms with Crippen LogP contribution < -0.4 is 10.1 Å². The van der Waals surface area contributed by atoms with Gasteiger partial charge in [0, 0.05) is 36.0 Å². The van der Waals surface area contributed by atoms with Crippen LogP contribution in [0.1, 0.15) is 17.9 Å². The Morgan fingerprint density at radius 1 is 1.26 bits per heavy atom. The first-order chi connectivity index (χ1) is 13.1. The highest BCUT2D eigenvalue weighted by atomic mass is 16.5. The highest BCUT2D eigenvalue weighted by Crippen LogP contribution is 2.48. The largest absolute Gasteiger partial charge is 0.495 e. The van der Waals surface area contributed by atoms with E-state index in [-0.39, 0.29) is 17.7 Å². The van der Waals surface area contributed by atoms with Crippen molar-refractivity contribution in [1.29, 1.82) is 0 Å². The Morgan fingerprint density at radius 3 is 2.89 bits per heavy atom. The molecule has 0 radical (unpaired) electrons. The number of nitrogens with zero attached hydrogens (tertiary/aromatic N) is 2. The number of fused-ring (bicyclic) bond motifs is 3. The number of para-hydroxylation sites is 1. The maximum atomic E-state index is 12.7. The zero-order chi connectivity index (χ0) is 18.5. The van der Waals surface area contributed by atoms with Crippen LogP contribution in [0.4, 0.5) is 5.69 Å². The van der Waals surface area contributed by atoms with E-state index in [9.17, 15) is 4.79 Å². The second-order valence-corrected chi connectivity index (χ2v) is 7.03. The number of aryl methyl sites for hydroxylation is 1. The third-order valence-electron chi connectivity index (χ3n) is 5.24. The summed E-state index contributed by atoms with van der Waals surface area (Å²) in [7, 11) is 3.49. The number of hydrogen-bond donors (Lipinski definition) is 1. The zero-order valence-electron chi connectivity index (χ0n) is 15.1. The number of methoxy groups -OCH3 is 1. The summed E-state index contributed by atoms with van der Waals surface area (Å²) >= 11 is 0. The van der Waals surface area contributed by atoms with Crippen molar-refractivity contribution in [3.05, 3.63) is 54.4 Å². The second-order valence-electron chi connectivity index (χ2n) is 7.03. The molecule has 1 amide bonds. The van der Waals surface area contributed by atoms with Crippen molar-refractivity contribution in [2.45, 2.75) is 12.3 Å². The molecule has 0 aliphatic heterocycles. The van der Waals surface area contributed by atoms with E-state index in [1.807, 2.05) is 55.8 Å². The number of nitrogens with one attached hydrogen (secondary N) is 1. The fourth-order valence-electron chi connectivity index (χ4n) is 3.73. The van der Waals surface area contributed by atoms with Crippen molar-refractivity contribution in [2.75, 3.05) is 12.4 Å². The van der Waals surface area contributed by atoms with Gasteiger partial charge >= 0.3 is 0 Å². The normalized spacial score (nSPS) is 18.7. The lowest BCUT2D eigenvalue weighted by molar-refractivity contribution is -0.117. The number of hydrogen-bond acceptors (Lipinski definition) is 4. The van der Waals surface area contributed by atoms with E-state index in [4.69, 9.17) is 9.15 Å². The van der Waals surface area contributed by atoms with E-state index in [0.29, 0.717) is 11.4 Å². The van der Waals surface area contributed by atoms with Crippen LogP contribution in [-0.2, 0) is 11.8 Å². The van der Waals surface area contributed by atoms with E-state index in [2.05, 4.69) is 10.4 Å². The molecule has 2 unspecified atom stereocenters. The highest BCUT2D eigenvalue weighted by molar-refractivity contribution is 6.08. The molecule has 27 heavy (non-hydrogen) atoms. The van der Waals surface area contributed by atoms with E-state index < -0.39 is 0 Å². The number of rotatable bonds is 4. The number of aromatic nitrogens is 2. The summed E-state index contributed by atoms with van der Waals surface area (Å²) in [6.45, 7) is 0. The molecular weight excluding hydrogens is 342 g/mol. The summed E-state index contributed by atoms with van der Waals surface area (Å²) in [6.07, 6.45) is 4.64. The summed E-state index contributed by atoms with van der Waals surface area (Å²) in [5, 5.41) is 9.21. The molecule has 1 aliphatic carbocycles. The summed E-state index contributed by atoms with van der Waals surface area (Å²) in [4.78, 5) is 12.7. The quantitative estimate of drug-likeness (QED) is 0.595. The lowest BCUT2D eigenvalue weighted by Gasteiger charge is -2.10. The average molecular weight is 361 g/mol. The van der Waals surface area contributed by atoms with Crippen LogP contribution in [0.25, 0.3) is 21.9 Å². The Balaban J connectivity index is 1.44. The smallest absolute Gasteiger partial charge is 0.228 e. The lowest BCUT2D eigenvalue weighted by Crippen LogP contribution is -2.15. The topological polar surface area (TPSA) is 69.3 Å². The summed E-state index contributed by atoms with van der Waals surface area (Å²) in [5.41, 5.74) is 3.28. The first kappa shape index (κ1) is 15.9. The zero-order valence-corrected chi connectivity index (χ0v) is 15.1. The molecule has 1 aliphatic rings. The first-order valence-corrected chi connectivity index (χ1v) is 8.92. The Labute approximate surface area is 155 Å². The molecule has 5 rings (SSSR count). The first-order valence-electron chi connectivity index (χ1n) is 8.92. The number of anilines is 1. The van der Waals surface area contributed by atoms with Crippen molar-refractivity contribution in [1.82, 2.24) is 9.78 Å². The molecule has 2 aromatic heterocycles. The Kier molecular flexibility index (Phi) is 3.47.